The minimum atomic E-state index is -5.47. The van der Waals surface area contributed by atoms with Gasteiger partial charge in [-0.1, -0.05) is 52.2 Å². The van der Waals surface area contributed by atoms with Gasteiger partial charge in [-0.2, -0.15) is 26.3 Å². The third-order valence-corrected chi connectivity index (χ3v) is 21.4. The molecule has 109 heavy (non-hydrogen) atoms. The van der Waals surface area contributed by atoms with Gasteiger partial charge in [-0.25, -0.2) is 8.78 Å². The lowest BCUT2D eigenvalue weighted by Crippen LogP contribution is -2.65. The summed E-state index contributed by atoms with van der Waals surface area (Å²) in [6.07, 6.45) is -11.4. The number of carbonyl (C=O) groups excluding carboxylic acids is 12. The van der Waals surface area contributed by atoms with Crippen LogP contribution in [0.1, 0.15) is 134 Å². The smallest absolute Gasteiger partial charge is 0.379 e. The maximum absolute atomic E-state index is 15.9. The Morgan fingerprint density at radius 1 is 0.670 bits per heavy atom. The molecule has 1 aliphatic carbocycles. The van der Waals surface area contributed by atoms with Gasteiger partial charge in [-0.15, -0.1) is 0 Å². The molecule has 2 bridgehead atoms. The number of fused-ring (bicyclic) bond motifs is 8. The van der Waals surface area contributed by atoms with Crippen LogP contribution in [0.4, 0.5) is 35.1 Å². The maximum atomic E-state index is 15.9. The maximum Gasteiger partial charge on any atom is 0.422 e. The van der Waals surface area contributed by atoms with Crippen LogP contribution in [-0.4, -0.2) is 290 Å². The highest BCUT2D eigenvalue weighted by Gasteiger charge is 2.51. The van der Waals surface area contributed by atoms with Crippen LogP contribution >= 0.6 is 0 Å². The molecule has 4 aliphatic heterocycles. The van der Waals surface area contributed by atoms with Gasteiger partial charge in [0.2, 0.25) is 70.9 Å². The summed E-state index contributed by atoms with van der Waals surface area (Å²) in [4.78, 5) is 191. The molecule has 35 heteroatoms. The van der Waals surface area contributed by atoms with Gasteiger partial charge in [0.15, 0.2) is 0 Å². The molecule has 0 radical (unpaired) electrons. The van der Waals surface area contributed by atoms with Crippen LogP contribution in [-0.2, 0) is 96.9 Å². The topological polar surface area (TPSA) is 298 Å². The second kappa shape index (κ2) is 38.4. The third kappa shape index (κ3) is 22.1. The number of morpholine rings is 1. The summed E-state index contributed by atoms with van der Waals surface area (Å²) in [5, 5.41) is 8.20. The number of hydrogen-bond acceptors (Lipinski definition) is 15. The fourth-order valence-corrected chi connectivity index (χ4v) is 14.8. The number of hydrogen-bond donors (Lipinski definition) is 3. The number of amides is 12. The van der Waals surface area contributed by atoms with Crippen molar-refractivity contribution in [3.8, 4) is 0 Å². The molecular weight excluding hydrogens is 1450 g/mol. The Kier molecular flexibility index (Phi) is 30.8. The molecule has 10 atom stereocenters. The lowest BCUT2D eigenvalue weighted by Gasteiger charge is -2.42. The fraction of sp³-hybridized carbons (Fsp3) is 0.676. The van der Waals surface area contributed by atoms with Crippen molar-refractivity contribution in [1.82, 2.24) is 60.0 Å². The Balaban J connectivity index is 1.39. The molecule has 0 spiro atoms. The van der Waals surface area contributed by atoms with E-state index in [1.165, 1.54) is 52.0 Å². The molecule has 4 heterocycles. The first-order chi connectivity index (χ1) is 51.3. The van der Waals surface area contributed by atoms with E-state index in [2.05, 4.69) is 16.0 Å². The highest BCUT2D eigenvalue weighted by Crippen LogP contribution is 2.37. The van der Waals surface area contributed by atoms with Crippen LogP contribution in [0.2, 0.25) is 0 Å². The Hall–Kier alpha value is -8.60. The largest absolute Gasteiger partial charge is 0.422 e. The summed E-state index contributed by atoms with van der Waals surface area (Å²) >= 11 is 0. The van der Waals surface area contributed by atoms with Gasteiger partial charge in [0.1, 0.15) is 65.0 Å². The lowest BCUT2D eigenvalue weighted by atomic mass is 9.89. The number of ether oxygens (including phenoxy) is 3. The van der Waals surface area contributed by atoms with Crippen LogP contribution in [0.3, 0.4) is 0 Å². The van der Waals surface area contributed by atoms with Crippen molar-refractivity contribution in [2.75, 3.05) is 121 Å². The summed E-state index contributed by atoms with van der Waals surface area (Å²) in [5.74, 6) is -15.8. The summed E-state index contributed by atoms with van der Waals surface area (Å²) in [6, 6.07) is -6.50. The van der Waals surface area contributed by atoms with Crippen molar-refractivity contribution < 1.29 is 107 Å². The molecular formula is C74H104F8N12O15. The average molecular weight is 1550 g/mol. The predicted molar refractivity (Wildman–Crippen MR) is 377 cm³/mol. The van der Waals surface area contributed by atoms with E-state index in [9.17, 15) is 50.3 Å². The molecule has 27 nitrogen and oxygen atoms in total. The van der Waals surface area contributed by atoms with Gasteiger partial charge in [0, 0.05) is 94.5 Å². The summed E-state index contributed by atoms with van der Waals surface area (Å²) in [7, 11) is 7.63. The average Bonchev–Trinajstić information content (AvgIpc) is 1.77. The fourth-order valence-electron chi connectivity index (χ4n) is 14.8. The quantitative estimate of drug-likeness (QED) is 0.237. The first-order valence-electron chi connectivity index (χ1n) is 37.1. The minimum Gasteiger partial charge on any atom is -0.379 e. The predicted octanol–water partition coefficient (Wildman–Crippen LogP) is 4.19. The van der Waals surface area contributed by atoms with Gasteiger partial charge in [0.05, 0.1) is 57.5 Å². The first-order valence-corrected chi connectivity index (χ1v) is 37.1. The number of benzene rings is 2. The number of aryl methyl sites for hydroxylation is 1. The van der Waals surface area contributed by atoms with Gasteiger partial charge in [0.25, 0.3) is 0 Å². The van der Waals surface area contributed by atoms with Gasteiger partial charge in [-0.3, -0.25) is 57.5 Å². The molecule has 1 saturated carbocycles. The number of rotatable bonds is 13. The zero-order valence-electron chi connectivity index (χ0n) is 63.8. The Labute approximate surface area is 629 Å². The molecule has 0 aromatic heterocycles. The summed E-state index contributed by atoms with van der Waals surface area (Å²) < 4.78 is 132. The van der Waals surface area contributed by atoms with E-state index in [-0.39, 0.29) is 96.7 Å². The molecule has 3 N–H and O–H groups in total. The molecule has 2 aromatic carbocycles. The Morgan fingerprint density at radius 2 is 1.29 bits per heavy atom. The van der Waals surface area contributed by atoms with E-state index in [4.69, 9.17) is 14.2 Å². The SMILES string of the molecule is CCCN1C(=O)CN(C)C(=O)CN(C)C(=O)[C@H]([C@@H](C)CC)NC(=O)[C@@H]2COCCCC[C@](C)(NC(=O)[C@@H]3C[C@@H](OCC)CN3C(=O)[C@H](CCc3cc(F)c(C(F)(F)F)c(F)c3)NC(=O)CN(C)C(=O)[C@@H]1Cc1ccc(C(F)(F)F)cc1)C(=O)N(C)[C@@H](C1CCCC1)C(=O)N(C)[C@H](C(=O)N1CCOCC1)CC(=O)N2C. The number of likely N-dealkylation sites (N-methyl/N-ethyl adjacent to an activating group) is 6. The van der Waals surface area contributed by atoms with Gasteiger partial charge < -0.3 is 74.3 Å². The van der Waals surface area contributed by atoms with Crippen LogP contribution in [0, 0.1) is 23.5 Å². The molecule has 606 valence electrons. The number of alkyl halides is 6. The Bertz CT molecular complexity index is 3580. The van der Waals surface area contributed by atoms with Gasteiger partial charge in [-0.05, 0) is 112 Å². The van der Waals surface area contributed by atoms with Crippen LogP contribution in [0.5, 0.6) is 0 Å². The van der Waals surface area contributed by atoms with E-state index < -0.39 is 229 Å². The van der Waals surface area contributed by atoms with Crippen LogP contribution < -0.4 is 16.0 Å². The molecule has 0 unspecified atom stereocenters. The number of carbonyl (C=O) groups is 12. The second-order valence-electron chi connectivity index (χ2n) is 29.3. The van der Waals surface area contributed by atoms with Crippen molar-refractivity contribution >= 4 is 70.9 Å². The van der Waals surface area contributed by atoms with Crippen LogP contribution in [0.15, 0.2) is 36.4 Å². The number of nitrogens with one attached hydrogen (secondary N) is 3. The lowest BCUT2D eigenvalue weighted by molar-refractivity contribution is -0.157. The van der Waals surface area contributed by atoms with E-state index in [1.54, 1.807) is 27.7 Å². The van der Waals surface area contributed by atoms with E-state index >= 15 is 42.3 Å². The Morgan fingerprint density at radius 3 is 1.89 bits per heavy atom. The molecule has 12 amide bonds. The molecule has 5 aliphatic rings. The standard InChI is InChI=1S/C74H104F8N12O15/c1-12-28-93-55(36-45-21-24-48(25-22-45)73(77,78)79)67(102)87(7)40-57(95)83-52(26-23-46-34-50(75)61(51(76)35-46)74(80,81)82)66(101)94-39-49(109-14-3)37-53(94)65(100)85-72(5)27-17-18-31-108-43-56(64(99)84-62(44(4)13-2)69(104)88(8)41-59(97)86(6)42-60(93)98)89(9)58(96)38-54(68(103)92-29-32-107-33-30-92)90(10)70(105)63(91(11)71(72)106)47-19-15-16-20-47/h21-22,24-25,34-35,44,47,49,52-56,62-63H,12-20,23,26-33,36-43H2,1-11H3,(H,83,95)(H,84,99)(H,85,100)/t44-,49+,52-,53-,54-,55-,56-,62-,63-,72-/m0/s1. The number of halogens is 8. The highest BCUT2D eigenvalue weighted by atomic mass is 19.4. The zero-order chi connectivity index (χ0) is 80.7. The van der Waals surface area contributed by atoms with Crippen molar-refractivity contribution in [1.29, 1.82) is 0 Å². The molecule has 2 aromatic rings. The number of nitrogens with zero attached hydrogens (tertiary/aromatic N) is 9. The summed E-state index contributed by atoms with van der Waals surface area (Å²) in [6.45, 7) is 4.74. The van der Waals surface area contributed by atoms with E-state index in [0.29, 0.717) is 37.8 Å². The summed E-state index contributed by atoms with van der Waals surface area (Å²) in [5.41, 5.74) is -5.57. The van der Waals surface area contributed by atoms with Crippen LogP contribution in [0.25, 0.3) is 0 Å². The monoisotopic (exact) mass is 1550 g/mol. The van der Waals surface area contributed by atoms with Gasteiger partial charge >= 0.3 is 12.4 Å². The minimum absolute atomic E-state index is 0.0291. The van der Waals surface area contributed by atoms with E-state index in [0.717, 1.165) is 65.6 Å². The van der Waals surface area contributed by atoms with E-state index in [1.807, 2.05) is 0 Å². The normalized spacial score (nSPS) is 26.4. The molecule has 4 saturated heterocycles. The third-order valence-electron chi connectivity index (χ3n) is 21.4. The second-order valence-corrected chi connectivity index (χ2v) is 29.3. The first kappa shape index (κ1) is 87.6. The highest BCUT2D eigenvalue weighted by molar-refractivity contribution is 6.00. The van der Waals surface area contributed by atoms with Crippen molar-refractivity contribution in [2.24, 2.45) is 11.8 Å². The van der Waals surface area contributed by atoms with Crippen molar-refractivity contribution in [3.63, 3.8) is 0 Å². The zero-order valence-corrected chi connectivity index (χ0v) is 63.8. The van der Waals surface area contributed by atoms with Crippen molar-refractivity contribution in [2.45, 2.75) is 191 Å². The molecule has 5 fully saturated rings. The molecule has 7 rings (SSSR count). The van der Waals surface area contributed by atoms with Crippen molar-refractivity contribution in [3.05, 3.63) is 70.3 Å².